The van der Waals surface area contributed by atoms with Crippen molar-refractivity contribution in [3.63, 3.8) is 0 Å². The molecule has 2 atom stereocenters. The van der Waals surface area contributed by atoms with Gasteiger partial charge in [0.2, 0.25) is 0 Å². The summed E-state index contributed by atoms with van der Waals surface area (Å²) in [7, 11) is 0. The van der Waals surface area contributed by atoms with Gasteiger partial charge in [-0.25, -0.2) is 0 Å². The van der Waals surface area contributed by atoms with Gasteiger partial charge in [-0.05, 0) is 31.1 Å². The van der Waals surface area contributed by atoms with Crippen LogP contribution in [0, 0.1) is 11.3 Å². The molecule has 0 bridgehead atoms. The minimum Gasteiger partial charge on any atom is -0.376 e. The van der Waals surface area contributed by atoms with Crippen LogP contribution in [0.4, 0.5) is 0 Å². The van der Waals surface area contributed by atoms with Crippen molar-refractivity contribution in [2.75, 3.05) is 6.61 Å². The molecule has 0 saturated heterocycles. The molecule has 1 fully saturated rings. The lowest BCUT2D eigenvalue weighted by atomic mass is 9.85. The maximum Gasteiger partial charge on any atom is 0.0771 e. The zero-order valence-electron chi connectivity index (χ0n) is 9.34. The third-order valence-corrected chi connectivity index (χ3v) is 2.54. The highest BCUT2D eigenvalue weighted by atomic mass is 16.5. The molecule has 0 amide bonds. The van der Waals surface area contributed by atoms with Crippen LogP contribution in [0.3, 0.4) is 0 Å². The van der Waals surface area contributed by atoms with E-state index >= 15 is 0 Å². The summed E-state index contributed by atoms with van der Waals surface area (Å²) in [6.45, 7) is 9.50. The summed E-state index contributed by atoms with van der Waals surface area (Å²) in [5.41, 5.74) is 6.06. The molecule has 0 aromatic carbocycles. The van der Waals surface area contributed by atoms with Gasteiger partial charge >= 0.3 is 0 Å². The van der Waals surface area contributed by atoms with Gasteiger partial charge in [-0.3, -0.25) is 0 Å². The fourth-order valence-electron chi connectivity index (χ4n) is 1.71. The molecular weight excluding hydrogens is 162 g/mol. The van der Waals surface area contributed by atoms with Crippen molar-refractivity contribution in [2.24, 2.45) is 17.1 Å². The summed E-state index contributed by atoms with van der Waals surface area (Å²) >= 11 is 0. The van der Waals surface area contributed by atoms with Crippen molar-refractivity contribution in [3.8, 4) is 0 Å². The molecule has 0 radical (unpaired) electrons. The van der Waals surface area contributed by atoms with Gasteiger partial charge in [0.15, 0.2) is 0 Å². The van der Waals surface area contributed by atoms with Gasteiger partial charge in [0.05, 0.1) is 6.10 Å². The Morgan fingerprint density at radius 1 is 1.38 bits per heavy atom. The largest absolute Gasteiger partial charge is 0.376 e. The van der Waals surface area contributed by atoms with Crippen LogP contribution in [0.5, 0.6) is 0 Å². The number of ether oxygens (including phenoxy) is 1. The second kappa shape index (κ2) is 3.97. The van der Waals surface area contributed by atoms with Crippen LogP contribution < -0.4 is 5.73 Å². The molecule has 1 rings (SSSR count). The molecule has 0 spiro atoms. The quantitative estimate of drug-likeness (QED) is 0.728. The Hall–Kier alpha value is -0.0800. The fraction of sp³-hybridized carbons (Fsp3) is 1.00. The molecule has 78 valence electrons. The van der Waals surface area contributed by atoms with E-state index < -0.39 is 0 Å². The Morgan fingerprint density at radius 2 is 1.92 bits per heavy atom. The van der Waals surface area contributed by atoms with Crippen LogP contribution in [0.1, 0.15) is 40.5 Å². The molecule has 2 nitrogen and oxygen atoms in total. The highest BCUT2D eigenvalue weighted by molar-refractivity contribution is 4.83. The predicted molar refractivity (Wildman–Crippen MR) is 55.6 cm³/mol. The number of hydrogen-bond acceptors (Lipinski definition) is 2. The maximum absolute atomic E-state index is 5.90. The molecular formula is C11H23NO. The van der Waals surface area contributed by atoms with Crippen LogP contribution in [-0.2, 0) is 4.74 Å². The van der Waals surface area contributed by atoms with Gasteiger partial charge in [-0.1, -0.05) is 20.8 Å². The maximum atomic E-state index is 5.90. The zero-order valence-corrected chi connectivity index (χ0v) is 9.34. The van der Waals surface area contributed by atoms with Crippen LogP contribution in [0.25, 0.3) is 0 Å². The SMILES string of the molecule is CC(N)C(OCC1CC1)C(C)(C)C. The van der Waals surface area contributed by atoms with Crippen molar-refractivity contribution in [1.29, 1.82) is 0 Å². The Balaban J connectivity index is 2.36. The van der Waals surface area contributed by atoms with E-state index in [0.717, 1.165) is 12.5 Å². The third-order valence-electron chi connectivity index (χ3n) is 2.54. The highest BCUT2D eigenvalue weighted by Gasteiger charge is 2.31. The first kappa shape index (κ1) is 11.0. The minimum absolute atomic E-state index is 0.124. The van der Waals surface area contributed by atoms with Gasteiger partial charge in [0, 0.05) is 12.6 Å². The average Bonchev–Trinajstić information content (AvgIpc) is 2.66. The smallest absolute Gasteiger partial charge is 0.0771 e. The van der Waals surface area contributed by atoms with Crippen molar-refractivity contribution in [1.82, 2.24) is 0 Å². The summed E-state index contributed by atoms with van der Waals surface area (Å²) in [4.78, 5) is 0. The van der Waals surface area contributed by atoms with E-state index in [2.05, 4.69) is 20.8 Å². The fourth-order valence-corrected chi connectivity index (χ4v) is 1.71. The number of hydrogen-bond donors (Lipinski definition) is 1. The number of nitrogens with two attached hydrogens (primary N) is 1. The van der Waals surface area contributed by atoms with Gasteiger partial charge in [-0.15, -0.1) is 0 Å². The predicted octanol–water partition coefficient (Wildman–Crippen LogP) is 2.17. The molecule has 0 aromatic heterocycles. The van der Waals surface area contributed by atoms with Gasteiger partial charge in [0.1, 0.15) is 0 Å². The van der Waals surface area contributed by atoms with E-state index in [1.54, 1.807) is 0 Å². The molecule has 2 N–H and O–H groups in total. The summed E-state index contributed by atoms with van der Waals surface area (Å²) in [5, 5.41) is 0. The summed E-state index contributed by atoms with van der Waals surface area (Å²) in [6.07, 6.45) is 2.87. The van der Waals surface area contributed by atoms with Crippen molar-refractivity contribution in [2.45, 2.75) is 52.7 Å². The summed E-state index contributed by atoms with van der Waals surface area (Å²) < 4.78 is 5.87. The molecule has 1 aliphatic rings. The Bertz CT molecular complexity index is 156. The lowest BCUT2D eigenvalue weighted by Crippen LogP contribution is -2.43. The Labute approximate surface area is 81.8 Å². The van der Waals surface area contributed by atoms with E-state index in [-0.39, 0.29) is 17.6 Å². The van der Waals surface area contributed by atoms with E-state index in [0.29, 0.717) is 0 Å². The molecule has 0 aromatic rings. The summed E-state index contributed by atoms with van der Waals surface area (Å²) in [5.74, 6) is 0.823. The van der Waals surface area contributed by atoms with Gasteiger partial charge < -0.3 is 10.5 Å². The topological polar surface area (TPSA) is 35.2 Å². The molecule has 2 unspecified atom stereocenters. The molecule has 0 heterocycles. The second-order valence-electron chi connectivity index (χ2n) is 5.42. The van der Waals surface area contributed by atoms with Crippen LogP contribution >= 0.6 is 0 Å². The molecule has 1 saturated carbocycles. The highest BCUT2D eigenvalue weighted by Crippen LogP contribution is 2.32. The van der Waals surface area contributed by atoms with Crippen molar-refractivity contribution >= 4 is 0 Å². The Kier molecular flexibility index (Phi) is 3.36. The first-order valence-electron chi connectivity index (χ1n) is 5.28. The van der Waals surface area contributed by atoms with Crippen LogP contribution in [-0.4, -0.2) is 18.8 Å². The minimum atomic E-state index is 0.124. The second-order valence-corrected chi connectivity index (χ2v) is 5.42. The molecule has 0 aliphatic heterocycles. The standard InChI is InChI=1S/C11H23NO/c1-8(12)10(11(2,3)4)13-7-9-5-6-9/h8-10H,5-7,12H2,1-4H3. The normalized spacial score (nSPS) is 22.8. The van der Waals surface area contributed by atoms with Crippen LogP contribution in [0.15, 0.2) is 0 Å². The van der Waals surface area contributed by atoms with Crippen molar-refractivity contribution < 1.29 is 4.74 Å². The van der Waals surface area contributed by atoms with Gasteiger partial charge in [-0.2, -0.15) is 0 Å². The Morgan fingerprint density at radius 3 is 2.23 bits per heavy atom. The number of rotatable bonds is 4. The third kappa shape index (κ3) is 3.65. The average molecular weight is 185 g/mol. The van der Waals surface area contributed by atoms with E-state index in [9.17, 15) is 0 Å². The molecule has 1 aliphatic carbocycles. The molecule has 13 heavy (non-hydrogen) atoms. The monoisotopic (exact) mass is 185 g/mol. The van der Waals surface area contributed by atoms with E-state index in [4.69, 9.17) is 10.5 Å². The van der Waals surface area contributed by atoms with Gasteiger partial charge in [0.25, 0.3) is 0 Å². The first-order chi connectivity index (χ1) is 5.91. The van der Waals surface area contributed by atoms with Crippen molar-refractivity contribution in [3.05, 3.63) is 0 Å². The molecule has 2 heteroatoms. The lowest BCUT2D eigenvalue weighted by molar-refractivity contribution is -0.0346. The van der Waals surface area contributed by atoms with Crippen LogP contribution in [0.2, 0.25) is 0 Å². The lowest BCUT2D eigenvalue weighted by Gasteiger charge is -2.33. The van der Waals surface area contributed by atoms with E-state index in [1.807, 2.05) is 6.92 Å². The summed E-state index contributed by atoms with van der Waals surface area (Å²) in [6, 6.07) is 0.124. The van der Waals surface area contributed by atoms with E-state index in [1.165, 1.54) is 12.8 Å². The zero-order chi connectivity index (χ0) is 10.1. The first-order valence-corrected chi connectivity index (χ1v) is 5.28.